The number of hydrogen-bond donors (Lipinski definition) is 2. The third kappa shape index (κ3) is 2.39. The zero-order valence-corrected chi connectivity index (χ0v) is 8.32. The number of hydrogen-bond acceptors (Lipinski definition) is 4. The first kappa shape index (κ1) is 11.3. The minimum absolute atomic E-state index is 0. The van der Waals surface area contributed by atoms with Crippen molar-refractivity contribution in [3.8, 4) is 0 Å². The van der Waals surface area contributed by atoms with Gasteiger partial charge in [-0.1, -0.05) is 6.92 Å². The van der Waals surface area contributed by atoms with Crippen LogP contribution in [0.4, 0.5) is 5.69 Å². The van der Waals surface area contributed by atoms with E-state index in [9.17, 15) is 0 Å². The SMILES string of the molecule is CCc1cc(SC)ncc1N.N. The maximum Gasteiger partial charge on any atom is 0.0961 e. The molecule has 0 amide bonds. The molecule has 1 rings (SSSR count). The summed E-state index contributed by atoms with van der Waals surface area (Å²) in [6, 6.07) is 2.04. The Balaban J connectivity index is 0.00000121. The largest absolute Gasteiger partial charge is 0.397 e. The van der Waals surface area contributed by atoms with Crippen LogP contribution in [0.2, 0.25) is 0 Å². The number of aryl methyl sites for hydroxylation is 1. The standard InChI is InChI=1S/C8H12N2S.H3N/c1-3-6-4-8(11-2)10-5-7(6)9;/h4-5H,3,9H2,1-2H3;1H3. The quantitative estimate of drug-likeness (QED) is 0.692. The fourth-order valence-electron chi connectivity index (χ4n) is 0.904. The van der Waals surface area contributed by atoms with Gasteiger partial charge in [0.2, 0.25) is 0 Å². The van der Waals surface area contributed by atoms with Crippen LogP contribution < -0.4 is 11.9 Å². The van der Waals surface area contributed by atoms with Gasteiger partial charge in [0.05, 0.1) is 16.9 Å². The molecule has 0 aromatic carbocycles. The second-order valence-electron chi connectivity index (χ2n) is 2.28. The lowest BCUT2D eigenvalue weighted by Gasteiger charge is -2.02. The number of nitrogens with two attached hydrogens (primary N) is 1. The molecule has 1 aromatic heterocycles. The third-order valence-electron chi connectivity index (χ3n) is 1.59. The number of aromatic nitrogens is 1. The van der Waals surface area contributed by atoms with E-state index in [0.717, 1.165) is 17.1 Å². The summed E-state index contributed by atoms with van der Waals surface area (Å²) in [6.07, 6.45) is 4.71. The van der Waals surface area contributed by atoms with Gasteiger partial charge in [-0.05, 0) is 24.3 Å². The van der Waals surface area contributed by atoms with Gasteiger partial charge in [0.25, 0.3) is 0 Å². The van der Waals surface area contributed by atoms with Crippen molar-refractivity contribution >= 4 is 17.4 Å². The van der Waals surface area contributed by atoms with Crippen LogP contribution in [0.1, 0.15) is 12.5 Å². The van der Waals surface area contributed by atoms with E-state index >= 15 is 0 Å². The fourth-order valence-corrected chi connectivity index (χ4v) is 1.32. The number of nitrogens with zero attached hydrogens (tertiary/aromatic N) is 1. The molecule has 0 fully saturated rings. The van der Waals surface area contributed by atoms with Crippen LogP contribution in [0, 0.1) is 0 Å². The van der Waals surface area contributed by atoms with Crippen LogP contribution in [0.25, 0.3) is 0 Å². The Kier molecular flexibility index (Phi) is 4.70. The van der Waals surface area contributed by atoms with Crippen LogP contribution in [0.5, 0.6) is 0 Å². The van der Waals surface area contributed by atoms with E-state index in [1.165, 1.54) is 5.56 Å². The van der Waals surface area contributed by atoms with Crippen molar-refractivity contribution in [2.75, 3.05) is 12.0 Å². The lowest BCUT2D eigenvalue weighted by atomic mass is 10.2. The summed E-state index contributed by atoms with van der Waals surface area (Å²) in [5, 5.41) is 1.04. The Morgan fingerprint density at radius 1 is 1.58 bits per heavy atom. The maximum atomic E-state index is 5.68. The van der Waals surface area contributed by atoms with Crippen LogP contribution in [-0.2, 0) is 6.42 Å². The average Bonchev–Trinajstić information content (AvgIpc) is 2.05. The summed E-state index contributed by atoms with van der Waals surface area (Å²) in [4.78, 5) is 4.14. The van der Waals surface area contributed by atoms with Crippen LogP contribution in [-0.4, -0.2) is 11.2 Å². The van der Waals surface area contributed by atoms with Crippen molar-refractivity contribution in [1.29, 1.82) is 0 Å². The Morgan fingerprint density at radius 3 is 2.75 bits per heavy atom. The second kappa shape index (κ2) is 5.00. The summed E-state index contributed by atoms with van der Waals surface area (Å²) < 4.78 is 0. The molecule has 5 N–H and O–H groups in total. The van der Waals surface area contributed by atoms with E-state index in [1.807, 2.05) is 12.3 Å². The summed E-state index contributed by atoms with van der Waals surface area (Å²) in [6.45, 7) is 2.09. The van der Waals surface area contributed by atoms with E-state index in [1.54, 1.807) is 18.0 Å². The molecule has 0 radical (unpaired) electrons. The van der Waals surface area contributed by atoms with Crippen LogP contribution >= 0.6 is 11.8 Å². The highest BCUT2D eigenvalue weighted by Gasteiger charge is 1.98. The molecule has 12 heavy (non-hydrogen) atoms. The first-order valence-corrected chi connectivity index (χ1v) is 4.78. The zero-order valence-electron chi connectivity index (χ0n) is 7.50. The molecule has 4 heteroatoms. The molecule has 0 atom stereocenters. The summed E-state index contributed by atoms with van der Waals surface area (Å²) in [5.41, 5.74) is 7.66. The number of pyridine rings is 1. The first-order chi connectivity index (χ1) is 5.27. The predicted molar refractivity (Wildman–Crippen MR) is 54.8 cm³/mol. The molecule has 3 nitrogen and oxygen atoms in total. The summed E-state index contributed by atoms with van der Waals surface area (Å²) in [5.74, 6) is 0. The molecule has 0 saturated heterocycles. The molecule has 1 aromatic rings. The highest BCUT2D eigenvalue weighted by Crippen LogP contribution is 2.17. The maximum absolute atomic E-state index is 5.68. The molecule has 0 unspecified atom stereocenters. The summed E-state index contributed by atoms with van der Waals surface area (Å²) >= 11 is 1.64. The van der Waals surface area contributed by atoms with Crippen molar-refractivity contribution in [3.63, 3.8) is 0 Å². The number of thioether (sulfide) groups is 1. The number of nitrogen functional groups attached to an aromatic ring is 1. The molecule has 0 aliphatic rings. The Hall–Kier alpha value is -0.740. The van der Waals surface area contributed by atoms with Gasteiger partial charge in [0.1, 0.15) is 0 Å². The molecule has 0 spiro atoms. The minimum Gasteiger partial charge on any atom is -0.397 e. The second-order valence-corrected chi connectivity index (χ2v) is 3.11. The number of anilines is 1. The average molecular weight is 185 g/mol. The van der Waals surface area contributed by atoms with E-state index in [2.05, 4.69) is 11.9 Å². The Morgan fingerprint density at radius 2 is 2.25 bits per heavy atom. The van der Waals surface area contributed by atoms with Crippen LogP contribution in [0.3, 0.4) is 0 Å². The van der Waals surface area contributed by atoms with Gasteiger partial charge >= 0.3 is 0 Å². The van der Waals surface area contributed by atoms with E-state index in [0.29, 0.717) is 0 Å². The normalized spacial score (nSPS) is 9.17. The predicted octanol–water partition coefficient (Wildman–Crippen LogP) is 2.11. The van der Waals surface area contributed by atoms with Crippen molar-refractivity contribution in [1.82, 2.24) is 11.1 Å². The van der Waals surface area contributed by atoms with E-state index in [4.69, 9.17) is 5.73 Å². The van der Waals surface area contributed by atoms with Crippen molar-refractivity contribution in [3.05, 3.63) is 17.8 Å². The molecular formula is C8H15N3S. The van der Waals surface area contributed by atoms with Gasteiger partial charge in [-0.3, -0.25) is 0 Å². The molecule has 0 aliphatic heterocycles. The smallest absolute Gasteiger partial charge is 0.0961 e. The third-order valence-corrected chi connectivity index (χ3v) is 2.23. The van der Waals surface area contributed by atoms with Gasteiger partial charge in [-0.2, -0.15) is 0 Å². The van der Waals surface area contributed by atoms with E-state index in [-0.39, 0.29) is 6.15 Å². The Labute approximate surface area is 77.3 Å². The van der Waals surface area contributed by atoms with Crippen LogP contribution in [0.15, 0.2) is 17.3 Å². The molecule has 0 saturated carbocycles. The fraction of sp³-hybridized carbons (Fsp3) is 0.375. The van der Waals surface area contributed by atoms with Crippen molar-refractivity contribution in [2.45, 2.75) is 18.4 Å². The highest BCUT2D eigenvalue weighted by molar-refractivity contribution is 7.98. The van der Waals surface area contributed by atoms with E-state index < -0.39 is 0 Å². The number of rotatable bonds is 2. The molecular weight excluding hydrogens is 170 g/mol. The van der Waals surface area contributed by atoms with Gasteiger partial charge in [-0.15, -0.1) is 11.8 Å². The monoisotopic (exact) mass is 185 g/mol. The highest BCUT2D eigenvalue weighted by atomic mass is 32.2. The molecule has 68 valence electrons. The molecule has 1 heterocycles. The minimum atomic E-state index is 0. The van der Waals surface area contributed by atoms with Gasteiger partial charge in [-0.25, -0.2) is 4.98 Å². The van der Waals surface area contributed by atoms with Gasteiger partial charge in [0, 0.05) is 0 Å². The summed E-state index contributed by atoms with van der Waals surface area (Å²) in [7, 11) is 0. The van der Waals surface area contributed by atoms with Crippen molar-refractivity contribution in [2.24, 2.45) is 0 Å². The molecule has 0 bridgehead atoms. The van der Waals surface area contributed by atoms with Gasteiger partial charge < -0.3 is 11.9 Å². The first-order valence-electron chi connectivity index (χ1n) is 3.56. The van der Waals surface area contributed by atoms with Gasteiger partial charge in [0.15, 0.2) is 0 Å². The lowest BCUT2D eigenvalue weighted by Crippen LogP contribution is -1.94. The zero-order chi connectivity index (χ0) is 8.27. The lowest BCUT2D eigenvalue weighted by molar-refractivity contribution is 1.06. The Bertz CT molecular complexity index is 250. The van der Waals surface area contributed by atoms with Crippen molar-refractivity contribution < 1.29 is 0 Å². The molecule has 0 aliphatic carbocycles. The topological polar surface area (TPSA) is 73.9 Å².